The van der Waals surface area contributed by atoms with Crippen LogP contribution in [0.3, 0.4) is 0 Å². The molecule has 3 N–H and O–H groups in total. The SMILES string of the molecule is Cc1nc(Br)c2n1CCC(O)(CN)C2. The van der Waals surface area contributed by atoms with Gasteiger partial charge in [0.2, 0.25) is 0 Å². The van der Waals surface area contributed by atoms with Gasteiger partial charge >= 0.3 is 0 Å². The lowest BCUT2D eigenvalue weighted by Crippen LogP contribution is -2.44. The molecule has 1 aromatic rings. The Morgan fingerprint density at radius 2 is 2.43 bits per heavy atom. The summed E-state index contributed by atoms with van der Waals surface area (Å²) in [7, 11) is 0. The van der Waals surface area contributed by atoms with Crippen molar-refractivity contribution in [3.63, 3.8) is 0 Å². The molecule has 1 aromatic heterocycles. The highest BCUT2D eigenvalue weighted by atomic mass is 79.9. The van der Waals surface area contributed by atoms with Crippen molar-refractivity contribution in [1.29, 1.82) is 0 Å². The third kappa shape index (κ3) is 1.49. The van der Waals surface area contributed by atoms with Crippen molar-refractivity contribution >= 4 is 15.9 Å². The van der Waals surface area contributed by atoms with Crippen LogP contribution in [0.5, 0.6) is 0 Å². The second-order valence-corrected chi connectivity index (χ2v) is 4.65. The van der Waals surface area contributed by atoms with Gasteiger partial charge in [-0.25, -0.2) is 4.98 Å². The third-order valence-corrected chi connectivity index (χ3v) is 3.53. The van der Waals surface area contributed by atoms with Crippen LogP contribution in [0.15, 0.2) is 4.60 Å². The molecule has 0 fully saturated rings. The second kappa shape index (κ2) is 3.32. The molecule has 14 heavy (non-hydrogen) atoms. The van der Waals surface area contributed by atoms with Crippen LogP contribution >= 0.6 is 15.9 Å². The Morgan fingerprint density at radius 3 is 3.07 bits per heavy atom. The number of rotatable bonds is 1. The van der Waals surface area contributed by atoms with Crippen LogP contribution in [0.2, 0.25) is 0 Å². The Bertz CT molecular complexity index is 363. The summed E-state index contributed by atoms with van der Waals surface area (Å²) in [4.78, 5) is 4.32. The number of hydrogen-bond acceptors (Lipinski definition) is 3. The van der Waals surface area contributed by atoms with Crippen LogP contribution in [-0.2, 0) is 13.0 Å². The van der Waals surface area contributed by atoms with Gasteiger partial charge in [0.1, 0.15) is 10.4 Å². The molecule has 0 aromatic carbocycles. The van der Waals surface area contributed by atoms with E-state index in [0.717, 1.165) is 22.7 Å². The van der Waals surface area contributed by atoms with E-state index >= 15 is 0 Å². The number of halogens is 1. The van der Waals surface area contributed by atoms with E-state index in [1.165, 1.54) is 0 Å². The van der Waals surface area contributed by atoms with E-state index in [1.807, 2.05) is 6.92 Å². The summed E-state index contributed by atoms with van der Waals surface area (Å²) in [6.07, 6.45) is 1.30. The average molecular weight is 260 g/mol. The van der Waals surface area contributed by atoms with E-state index < -0.39 is 5.60 Å². The van der Waals surface area contributed by atoms with Gasteiger partial charge in [0.25, 0.3) is 0 Å². The van der Waals surface area contributed by atoms with E-state index in [0.29, 0.717) is 19.4 Å². The first-order chi connectivity index (χ1) is 6.56. The largest absolute Gasteiger partial charge is 0.388 e. The Morgan fingerprint density at radius 1 is 1.71 bits per heavy atom. The van der Waals surface area contributed by atoms with Gasteiger partial charge in [-0.2, -0.15) is 0 Å². The van der Waals surface area contributed by atoms with Crippen LogP contribution in [0, 0.1) is 6.92 Å². The molecule has 4 nitrogen and oxygen atoms in total. The fourth-order valence-corrected chi connectivity index (χ4v) is 2.54. The van der Waals surface area contributed by atoms with Gasteiger partial charge in [0.15, 0.2) is 0 Å². The number of nitrogens with two attached hydrogens (primary N) is 1. The minimum absolute atomic E-state index is 0.309. The highest BCUT2D eigenvalue weighted by Crippen LogP contribution is 2.29. The molecule has 2 heterocycles. The molecule has 1 aliphatic rings. The van der Waals surface area contributed by atoms with Gasteiger partial charge in [-0.1, -0.05) is 0 Å². The zero-order valence-electron chi connectivity index (χ0n) is 8.13. The maximum Gasteiger partial charge on any atom is 0.127 e. The minimum Gasteiger partial charge on any atom is -0.388 e. The molecular formula is C9H14BrN3O. The van der Waals surface area contributed by atoms with E-state index in [4.69, 9.17) is 5.73 Å². The third-order valence-electron chi connectivity index (χ3n) is 2.89. The highest BCUT2D eigenvalue weighted by molar-refractivity contribution is 9.10. The lowest BCUT2D eigenvalue weighted by atomic mass is 9.91. The molecule has 1 unspecified atom stereocenters. The van der Waals surface area contributed by atoms with Crippen molar-refractivity contribution in [2.24, 2.45) is 5.73 Å². The number of imidazole rings is 1. The lowest BCUT2D eigenvalue weighted by Gasteiger charge is -2.32. The Hall–Kier alpha value is -0.390. The predicted molar refractivity (Wildman–Crippen MR) is 57.0 cm³/mol. The quantitative estimate of drug-likeness (QED) is 0.776. The van der Waals surface area contributed by atoms with Crippen molar-refractivity contribution in [3.05, 3.63) is 16.1 Å². The summed E-state index contributed by atoms with van der Waals surface area (Å²) in [5.74, 6) is 0.992. The zero-order valence-corrected chi connectivity index (χ0v) is 9.71. The first kappa shape index (κ1) is 10.1. The second-order valence-electron chi connectivity index (χ2n) is 3.90. The summed E-state index contributed by atoms with van der Waals surface area (Å²) in [6.45, 7) is 3.08. The van der Waals surface area contributed by atoms with Gasteiger partial charge in [-0.3, -0.25) is 0 Å². The van der Waals surface area contributed by atoms with E-state index in [1.54, 1.807) is 0 Å². The molecule has 0 radical (unpaired) electrons. The molecule has 78 valence electrons. The minimum atomic E-state index is -0.745. The van der Waals surface area contributed by atoms with Gasteiger partial charge in [-0.15, -0.1) is 0 Å². The molecule has 0 saturated carbocycles. The summed E-state index contributed by atoms with van der Waals surface area (Å²) in [5, 5.41) is 10.1. The molecule has 0 spiro atoms. The molecular weight excluding hydrogens is 246 g/mol. The molecule has 0 aliphatic carbocycles. The molecule has 0 saturated heterocycles. The van der Waals surface area contributed by atoms with Crippen LogP contribution in [0.4, 0.5) is 0 Å². The summed E-state index contributed by atoms with van der Waals surface area (Å²) >= 11 is 3.40. The van der Waals surface area contributed by atoms with Crippen LogP contribution in [-0.4, -0.2) is 26.8 Å². The van der Waals surface area contributed by atoms with Crippen LogP contribution < -0.4 is 5.73 Å². The predicted octanol–water partition coefficient (Wildman–Crippen LogP) is 0.590. The molecule has 2 rings (SSSR count). The van der Waals surface area contributed by atoms with Gasteiger partial charge in [0.05, 0.1) is 11.3 Å². The van der Waals surface area contributed by atoms with Crippen molar-refractivity contribution in [2.45, 2.75) is 31.9 Å². The number of hydrogen-bond donors (Lipinski definition) is 2. The van der Waals surface area contributed by atoms with E-state index in [-0.39, 0.29) is 0 Å². The average Bonchev–Trinajstić information content (AvgIpc) is 2.42. The number of fused-ring (bicyclic) bond motifs is 1. The molecule has 1 atom stereocenters. The molecule has 0 amide bonds. The molecule has 1 aliphatic heterocycles. The fourth-order valence-electron chi connectivity index (χ4n) is 1.93. The van der Waals surface area contributed by atoms with Crippen molar-refractivity contribution < 1.29 is 5.11 Å². The number of aliphatic hydroxyl groups is 1. The van der Waals surface area contributed by atoms with Crippen LogP contribution in [0.25, 0.3) is 0 Å². The van der Waals surface area contributed by atoms with Crippen molar-refractivity contribution in [1.82, 2.24) is 9.55 Å². The van der Waals surface area contributed by atoms with E-state index in [2.05, 4.69) is 25.5 Å². The first-order valence-corrected chi connectivity index (χ1v) is 5.49. The molecule has 5 heteroatoms. The Balaban J connectivity index is 2.39. The summed E-state index contributed by atoms with van der Waals surface area (Å²) in [5.41, 5.74) is 5.87. The van der Waals surface area contributed by atoms with Crippen LogP contribution in [0.1, 0.15) is 17.9 Å². The normalized spacial score (nSPS) is 26.3. The van der Waals surface area contributed by atoms with Gasteiger partial charge in [0, 0.05) is 19.5 Å². The highest BCUT2D eigenvalue weighted by Gasteiger charge is 2.33. The number of aryl methyl sites for hydroxylation is 1. The number of aromatic nitrogens is 2. The smallest absolute Gasteiger partial charge is 0.127 e. The van der Waals surface area contributed by atoms with Gasteiger partial charge < -0.3 is 15.4 Å². The van der Waals surface area contributed by atoms with Crippen molar-refractivity contribution in [2.75, 3.05) is 6.54 Å². The van der Waals surface area contributed by atoms with Crippen molar-refractivity contribution in [3.8, 4) is 0 Å². The monoisotopic (exact) mass is 259 g/mol. The topological polar surface area (TPSA) is 64.1 Å². The Kier molecular flexibility index (Phi) is 2.41. The molecule has 0 bridgehead atoms. The fraction of sp³-hybridized carbons (Fsp3) is 0.667. The zero-order chi connectivity index (χ0) is 10.3. The maximum atomic E-state index is 10.1. The maximum absolute atomic E-state index is 10.1. The van der Waals surface area contributed by atoms with Gasteiger partial charge in [-0.05, 0) is 29.3 Å². The Labute approximate surface area is 91.3 Å². The standard InChI is InChI=1S/C9H14BrN3O/c1-6-12-8(10)7-4-9(14,5-11)2-3-13(6)7/h14H,2-5,11H2,1H3. The number of nitrogens with zero attached hydrogens (tertiary/aromatic N) is 2. The first-order valence-electron chi connectivity index (χ1n) is 4.70. The summed E-state index contributed by atoms with van der Waals surface area (Å²) < 4.78 is 2.97. The summed E-state index contributed by atoms with van der Waals surface area (Å²) in [6, 6.07) is 0. The lowest BCUT2D eigenvalue weighted by molar-refractivity contribution is 0.0237. The van der Waals surface area contributed by atoms with E-state index in [9.17, 15) is 5.11 Å².